The van der Waals surface area contributed by atoms with Crippen molar-refractivity contribution in [1.82, 2.24) is 0 Å². The van der Waals surface area contributed by atoms with Gasteiger partial charge in [-0.1, -0.05) is 24.6 Å². The molecule has 5 rings (SSSR count). The van der Waals surface area contributed by atoms with Gasteiger partial charge in [0.05, 0.1) is 11.5 Å². The van der Waals surface area contributed by atoms with Crippen LogP contribution < -0.4 is 0 Å². The van der Waals surface area contributed by atoms with Crippen LogP contribution in [-0.4, -0.2) is 39.8 Å². The quantitative estimate of drug-likeness (QED) is 0.609. The van der Waals surface area contributed by atoms with Crippen LogP contribution in [-0.2, 0) is 14.3 Å². The molecule has 3 fully saturated rings. The summed E-state index contributed by atoms with van der Waals surface area (Å²) in [6.07, 6.45) is 9.21. The molecule has 1 aliphatic heterocycles. The normalized spacial score (nSPS) is 46.7. The van der Waals surface area contributed by atoms with Crippen LogP contribution in [0.15, 0.2) is 34.9 Å². The van der Waals surface area contributed by atoms with Crippen LogP contribution in [0.2, 0.25) is 0 Å². The number of rotatable bonds is 2. The van der Waals surface area contributed by atoms with Gasteiger partial charge in [0.15, 0.2) is 5.78 Å². The summed E-state index contributed by atoms with van der Waals surface area (Å²) in [5.74, 6) is 0.590. The molecule has 0 spiro atoms. The van der Waals surface area contributed by atoms with Crippen LogP contribution in [0.4, 0.5) is 0 Å². The molecule has 0 aromatic rings. The molecule has 0 unspecified atom stereocenters. The van der Waals surface area contributed by atoms with Crippen LogP contribution in [0.5, 0.6) is 0 Å². The van der Waals surface area contributed by atoms with Gasteiger partial charge in [-0.2, -0.15) is 0 Å². The first-order valence-electron chi connectivity index (χ1n) is 12.6. The smallest absolute Gasteiger partial charge is 0.334 e. The van der Waals surface area contributed by atoms with Crippen molar-refractivity contribution in [2.24, 2.45) is 34.5 Å². The van der Waals surface area contributed by atoms with E-state index in [4.69, 9.17) is 4.74 Å². The number of ether oxygens (including phenoxy) is 1. The molecule has 9 atom stereocenters. The lowest BCUT2D eigenvalue weighted by Crippen LogP contribution is -2.59. The Morgan fingerprint density at radius 3 is 2.55 bits per heavy atom. The van der Waals surface area contributed by atoms with Gasteiger partial charge in [0.2, 0.25) is 0 Å². The number of ketones is 1. The van der Waals surface area contributed by atoms with Crippen molar-refractivity contribution in [3.63, 3.8) is 0 Å². The lowest BCUT2D eigenvalue weighted by Gasteiger charge is -2.59. The minimum Gasteiger partial charge on any atom is -0.456 e. The summed E-state index contributed by atoms with van der Waals surface area (Å²) in [5.41, 5.74) is 0.653. The van der Waals surface area contributed by atoms with Crippen LogP contribution in [0.3, 0.4) is 0 Å². The third-order valence-corrected chi connectivity index (χ3v) is 10.7. The predicted octanol–water partition coefficient (Wildman–Crippen LogP) is 4.28. The number of carbonyl (C=O) groups excluding carboxylic acids is 2. The zero-order valence-electron chi connectivity index (χ0n) is 20.6. The molecular formula is C28H38O5. The van der Waals surface area contributed by atoms with E-state index >= 15 is 0 Å². The summed E-state index contributed by atoms with van der Waals surface area (Å²) in [7, 11) is 0. The molecule has 0 radical (unpaired) electrons. The molecule has 5 heteroatoms. The topological polar surface area (TPSA) is 83.8 Å². The van der Waals surface area contributed by atoms with Crippen molar-refractivity contribution in [1.29, 1.82) is 0 Å². The van der Waals surface area contributed by atoms with Crippen molar-refractivity contribution in [2.75, 3.05) is 0 Å². The van der Waals surface area contributed by atoms with Gasteiger partial charge >= 0.3 is 5.97 Å². The Morgan fingerprint density at radius 2 is 1.85 bits per heavy atom. The highest BCUT2D eigenvalue weighted by atomic mass is 16.6. The largest absolute Gasteiger partial charge is 0.456 e. The number of allylic oxidation sites excluding steroid dienone is 3. The predicted molar refractivity (Wildman–Crippen MR) is 125 cm³/mol. The second-order valence-electron chi connectivity index (χ2n) is 12.1. The lowest BCUT2D eigenvalue weighted by atomic mass is 9.46. The number of esters is 1. The number of fused-ring (bicyclic) bond motifs is 5. The summed E-state index contributed by atoms with van der Waals surface area (Å²) in [6.45, 7) is 9.93. The van der Waals surface area contributed by atoms with Crippen molar-refractivity contribution >= 4 is 11.8 Å². The van der Waals surface area contributed by atoms with E-state index in [1.54, 1.807) is 19.1 Å². The van der Waals surface area contributed by atoms with Gasteiger partial charge in [-0.25, -0.2) is 4.79 Å². The third-order valence-electron chi connectivity index (χ3n) is 10.7. The molecule has 0 saturated heterocycles. The highest BCUT2D eigenvalue weighted by Gasteiger charge is 2.65. The van der Waals surface area contributed by atoms with Crippen molar-refractivity contribution in [2.45, 2.75) is 91.0 Å². The van der Waals surface area contributed by atoms with Gasteiger partial charge in [0.1, 0.15) is 11.7 Å². The van der Waals surface area contributed by atoms with Gasteiger partial charge < -0.3 is 14.9 Å². The van der Waals surface area contributed by atoms with Crippen LogP contribution in [0.25, 0.3) is 0 Å². The highest BCUT2D eigenvalue weighted by Crippen LogP contribution is 2.67. The summed E-state index contributed by atoms with van der Waals surface area (Å²) in [6, 6.07) is 0. The van der Waals surface area contributed by atoms with E-state index in [0.29, 0.717) is 24.3 Å². The standard InChI is InChI=1S/C28H38O5/c1-15-13-24(33-25(31)16(15)2)28(5,32)22-10-9-18-17-14-21(29)20-7-6-8-23(30)27(20,4)19(17)11-12-26(18,22)3/h6-8,17-19,21-22,24,29,32H,9-14H2,1-5H3/t17-,18-,19-,21+,22-,24+,26-,27+,28+/m0/s1. The maximum Gasteiger partial charge on any atom is 0.334 e. The van der Waals surface area contributed by atoms with Crippen molar-refractivity contribution in [3.05, 3.63) is 34.9 Å². The van der Waals surface area contributed by atoms with Gasteiger partial charge in [0, 0.05) is 12.0 Å². The second-order valence-corrected chi connectivity index (χ2v) is 12.1. The second kappa shape index (κ2) is 7.39. The van der Waals surface area contributed by atoms with E-state index < -0.39 is 23.2 Å². The number of hydrogen-bond donors (Lipinski definition) is 2. The Morgan fingerprint density at radius 1 is 1.12 bits per heavy atom. The van der Waals surface area contributed by atoms with Crippen LogP contribution >= 0.6 is 0 Å². The molecule has 180 valence electrons. The Labute approximate surface area is 197 Å². The fraction of sp³-hybridized carbons (Fsp3) is 0.714. The van der Waals surface area contributed by atoms with E-state index in [2.05, 4.69) is 6.92 Å². The van der Waals surface area contributed by atoms with Crippen LogP contribution in [0, 0.1) is 34.5 Å². The van der Waals surface area contributed by atoms with Crippen molar-refractivity contribution < 1.29 is 24.5 Å². The lowest BCUT2D eigenvalue weighted by molar-refractivity contribution is -0.183. The number of aliphatic hydroxyl groups is 2. The molecule has 0 aromatic carbocycles. The molecule has 0 amide bonds. The molecule has 3 saturated carbocycles. The molecule has 5 nitrogen and oxygen atoms in total. The Bertz CT molecular complexity index is 986. The SMILES string of the molecule is CC1=C(C)C(=O)O[C@@H]([C@](C)(O)[C@H]2CC[C@H]3[C@@H]4C[C@@H](O)C5=CC=CC(=O)[C@]5(C)[C@H]4CC[C@]23C)C1. The molecule has 0 aromatic heterocycles. The Balaban J connectivity index is 1.45. The Hall–Kier alpha value is -1.72. The molecule has 33 heavy (non-hydrogen) atoms. The summed E-state index contributed by atoms with van der Waals surface area (Å²) >= 11 is 0. The van der Waals surface area contributed by atoms with Gasteiger partial charge in [0.25, 0.3) is 0 Å². The van der Waals surface area contributed by atoms with Gasteiger partial charge in [-0.15, -0.1) is 0 Å². The van der Waals surface area contributed by atoms with Gasteiger partial charge in [-0.05, 0) is 101 Å². The molecular weight excluding hydrogens is 416 g/mol. The fourth-order valence-electron chi connectivity index (χ4n) is 8.67. The number of carbonyl (C=O) groups is 2. The van der Waals surface area contributed by atoms with E-state index in [9.17, 15) is 19.8 Å². The fourth-order valence-corrected chi connectivity index (χ4v) is 8.67. The first-order valence-corrected chi connectivity index (χ1v) is 12.6. The first-order chi connectivity index (χ1) is 15.4. The minimum atomic E-state index is -1.13. The number of hydrogen-bond acceptors (Lipinski definition) is 5. The maximum absolute atomic E-state index is 13.1. The molecule has 4 aliphatic carbocycles. The number of cyclic esters (lactones) is 1. The zero-order valence-corrected chi connectivity index (χ0v) is 20.6. The van der Waals surface area contributed by atoms with Crippen LogP contribution in [0.1, 0.15) is 73.1 Å². The first kappa shape index (κ1) is 23.0. The van der Waals surface area contributed by atoms with E-state index in [0.717, 1.165) is 36.8 Å². The van der Waals surface area contributed by atoms with Crippen molar-refractivity contribution in [3.8, 4) is 0 Å². The van der Waals surface area contributed by atoms with Gasteiger partial charge in [-0.3, -0.25) is 4.79 Å². The average molecular weight is 455 g/mol. The molecule has 2 N–H and O–H groups in total. The third kappa shape index (κ3) is 3.04. The Kier molecular flexibility index (Phi) is 5.16. The summed E-state index contributed by atoms with van der Waals surface area (Å²) in [4.78, 5) is 25.5. The van der Waals surface area contributed by atoms with E-state index in [1.807, 2.05) is 26.8 Å². The molecule has 0 bridgehead atoms. The molecule has 1 heterocycles. The van der Waals surface area contributed by atoms with E-state index in [1.165, 1.54) is 0 Å². The summed E-state index contributed by atoms with van der Waals surface area (Å²) < 4.78 is 5.75. The van der Waals surface area contributed by atoms with E-state index in [-0.39, 0.29) is 34.9 Å². The zero-order chi connectivity index (χ0) is 23.9. The molecule has 5 aliphatic rings. The highest BCUT2D eigenvalue weighted by molar-refractivity contribution is 5.99. The average Bonchev–Trinajstić information content (AvgIpc) is 3.11. The monoisotopic (exact) mass is 454 g/mol. The minimum absolute atomic E-state index is 0.00352. The number of aliphatic hydroxyl groups excluding tert-OH is 1. The summed E-state index contributed by atoms with van der Waals surface area (Å²) in [5, 5.41) is 22.9. The maximum atomic E-state index is 13.1.